The number of hydrogen-bond donors (Lipinski definition) is 1. The normalized spacial score (nSPS) is 10.2. The van der Waals surface area contributed by atoms with Crippen LogP contribution in [0.15, 0.2) is 28.9 Å². The van der Waals surface area contributed by atoms with Crippen LogP contribution in [-0.2, 0) is 0 Å². The molecule has 2 rings (SSSR count). The lowest BCUT2D eigenvalue weighted by Gasteiger charge is -2.03. The number of hydrogen-bond acceptors (Lipinski definition) is 4. The third kappa shape index (κ3) is 2.48. The monoisotopic (exact) mass is 313 g/mol. The van der Waals surface area contributed by atoms with E-state index < -0.39 is 5.97 Å². The van der Waals surface area contributed by atoms with Crippen LogP contribution in [-0.4, -0.2) is 23.2 Å². The molecule has 0 unspecified atom stereocenters. The Hall–Kier alpha value is -1.40. The minimum atomic E-state index is -0.957. The lowest BCUT2D eigenvalue weighted by molar-refractivity contribution is 0.0702. The first-order valence-electron chi connectivity index (χ1n) is 4.65. The molecule has 6 heteroatoms. The lowest BCUT2D eigenvalue weighted by Crippen LogP contribution is -1.89. The second-order valence-electron chi connectivity index (χ2n) is 3.18. The molecule has 1 N–H and O–H groups in total. The predicted octanol–water partition coefficient (Wildman–Crippen LogP) is 3.28. The molecule has 1 aromatic carbocycles. The quantitative estimate of drug-likeness (QED) is 0.944. The summed E-state index contributed by atoms with van der Waals surface area (Å²) in [6.45, 7) is 0. The van der Waals surface area contributed by atoms with Gasteiger partial charge < -0.3 is 9.84 Å². The maximum absolute atomic E-state index is 10.8. The number of aromatic carboxylic acids is 1. The first kappa shape index (κ1) is 12.1. The van der Waals surface area contributed by atoms with Gasteiger partial charge >= 0.3 is 5.97 Å². The van der Waals surface area contributed by atoms with Gasteiger partial charge in [-0.3, -0.25) is 0 Å². The van der Waals surface area contributed by atoms with Crippen molar-refractivity contribution in [3.8, 4) is 16.3 Å². The van der Waals surface area contributed by atoms with Gasteiger partial charge in [-0.15, -0.1) is 11.3 Å². The van der Waals surface area contributed by atoms with Gasteiger partial charge in [-0.1, -0.05) is 0 Å². The number of nitrogens with zero attached hydrogens (tertiary/aromatic N) is 1. The van der Waals surface area contributed by atoms with Crippen molar-refractivity contribution < 1.29 is 14.6 Å². The summed E-state index contributed by atoms with van der Waals surface area (Å²) in [6.07, 6.45) is 1.36. The zero-order valence-electron chi connectivity index (χ0n) is 8.81. The van der Waals surface area contributed by atoms with Crippen molar-refractivity contribution >= 4 is 33.2 Å². The second-order valence-corrected chi connectivity index (χ2v) is 5.07. The summed E-state index contributed by atoms with van der Waals surface area (Å²) in [6, 6.07) is 5.50. The fraction of sp³-hybridized carbons (Fsp3) is 0.0909. The number of benzene rings is 1. The largest absolute Gasteiger partial charge is 0.496 e. The highest BCUT2D eigenvalue weighted by Crippen LogP contribution is 2.32. The van der Waals surface area contributed by atoms with E-state index in [9.17, 15) is 4.79 Å². The summed E-state index contributed by atoms with van der Waals surface area (Å²) < 4.78 is 5.93. The van der Waals surface area contributed by atoms with Crippen LogP contribution in [0, 0.1) is 0 Å². The van der Waals surface area contributed by atoms with Gasteiger partial charge in [0.25, 0.3) is 0 Å². The van der Waals surface area contributed by atoms with E-state index in [1.54, 1.807) is 13.2 Å². The van der Waals surface area contributed by atoms with Crippen molar-refractivity contribution in [3.05, 3.63) is 33.7 Å². The summed E-state index contributed by atoms with van der Waals surface area (Å²) in [7, 11) is 1.59. The molecule has 1 aromatic heterocycles. The van der Waals surface area contributed by atoms with Crippen LogP contribution < -0.4 is 4.74 Å². The molecule has 0 aliphatic heterocycles. The van der Waals surface area contributed by atoms with Gasteiger partial charge in [0, 0.05) is 5.56 Å². The first-order valence-corrected chi connectivity index (χ1v) is 6.26. The number of carboxylic acid groups (broad SMARTS) is 1. The van der Waals surface area contributed by atoms with E-state index in [2.05, 4.69) is 20.9 Å². The van der Waals surface area contributed by atoms with Crippen LogP contribution in [0.2, 0.25) is 0 Å². The second kappa shape index (κ2) is 4.85. The molecule has 0 aliphatic rings. The number of halogens is 1. The Labute approximate surface area is 110 Å². The molecule has 1 heterocycles. The van der Waals surface area contributed by atoms with Crippen molar-refractivity contribution in [1.82, 2.24) is 4.98 Å². The summed E-state index contributed by atoms with van der Waals surface area (Å²) in [5, 5.41) is 9.49. The molecule has 0 amide bonds. The molecule has 0 atom stereocenters. The number of carboxylic acids is 1. The third-order valence-electron chi connectivity index (χ3n) is 2.12. The molecule has 2 aromatic rings. The number of thiazole rings is 1. The van der Waals surface area contributed by atoms with Crippen LogP contribution in [0.25, 0.3) is 10.6 Å². The van der Waals surface area contributed by atoms with Crippen LogP contribution in [0.5, 0.6) is 5.75 Å². The predicted molar refractivity (Wildman–Crippen MR) is 68.8 cm³/mol. The Bertz CT molecular complexity index is 568. The van der Waals surface area contributed by atoms with Crippen molar-refractivity contribution in [2.45, 2.75) is 0 Å². The Morgan fingerprint density at radius 1 is 1.53 bits per heavy atom. The van der Waals surface area contributed by atoms with E-state index in [0.717, 1.165) is 27.1 Å². The lowest BCUT2D eigenvalue weighted by atomic mass is 10.2. The van der Waals surface area contributed by atoms with E-state index in [-0.39, 0.29) is 4.88 Å². The molecule has 0 saturated heterocycles. The highest BCUT2D eigenvalue weighted by atomic mass is 79.9. The molecular weight excluding hydrogens is 306 g/mol. The van der Waals surface area contributed by atoms with Crippen LogP contribution in [0.4, 0.5) is 0 Å². The van der Waals surface area contributed by atoms with E-state index in [1.807, 2.05) is 12.1 Å². The molecule has 0 saturated carbocycles. The van der Waals surface area contributed by atoms with Crippen LogP contribution >= 0.6 is 27.3 Å². The number of ether oxygens (including phenoxy) is 1. The molecule has 0 bridgehead atoms. The zero-order chi connectivity index (χ0) is 12.4. The van der Waals surface area contributed by atoms with Crippen molar-refractivity contribution in [3.63, 3.8) is 0 Å². The summed E-state index contributed by atoms with van der Waals surface area (Å²) in [4.78, 5) is 15.1. The van der Waals surface area contributed by atoms with Gasteiger partial charge in [-0.25, -0.2) is 9.78 Å². The Kier molecular flexibility index (Phi) is 3.44. The molecule has 88 valence electrons. The van der Waals surface area contributed by atoms with Gasteiger partial charge in [-0.2, -0.15) is 0 Å². The van der Waals surface area contributed by atoms with Crippen molar-refractivity contribution in [2.75, 3.05) is 7.11 Å². The number of carbonyl (C=O) groups is 1. The van der Waals surface area contributed by atoms with Crippen LogP contribution in [0.3, 0.4) is 0 Å². The highest BCUT2D eigenvalue weighted by Gasteiger charge is 2.11. The van der Waals surface area contributed by atoms with Gasteiger partial charge in [0.1, 0.15) is 15.6 Å². The van der Waals surface area contributed by atoms with Crippen LogP contribution in [0.1, 0.15) is 9.67 Å². The average Bonchev–Trinajstić information content (AvgIpc) is 2.78. The average molecular weight is 314 g/mol. The molecule has 0 radical (unpaired) electrons. The van der Waals surface area contributed by atoms with Crippen molar-refractivity contribution in [2.24, 2.45) is 0 Å². The summed E-state index contributed by atoms with van der Waals surface area (Å²) in [5.41, 5.74) is 0.857. The number of rotatable bonds is 3. The van der Waals surface area contributed by atoms with E-state index in [1.165, 1.54) is 6.20 Å². The highest BCUT2D eigenvalue weighted by molar-refractivity contribution is 9.10. The standard InChI is InChI=1S/C11H8BrNO3S/c1-16-8-3-2-6(4-7(8)12)10-13-5-9(17-10)11(14)15/h2-5H,1H3,(H,14,15). The fourth-order valence-electron chi connectivity index (χ4n) is 1.31. The number of methoxy groups -OCH3 is 1. The fourth-order valence-corrected chi connectivity index (χ4v) is 2.60. The topological polar surface area (TPSA) is 59.4 Å². The van der Waals surface area contributed by atoms with E-state index >= 15 is 0 Å². The Balaban J connectivity index is 2.39. The van der Waals surface area contributed by atoms with Gasteiger partial charge in [0.2, 0.25) is 0 Å². The smallest absolute Gasteiger partial charge is 0.347 e. The first-order chi connectivity index (χ1) is 8.11. The summed E-state index contributed by atoms with van der Waals surface area (Å²) >= 11 is 4.52. The Morgan fingerprint density at radius 2 is 2.29 bits per heavy atom. The molecule has 0 fully saturated rings. The Morgan fingerprint density at radius 3 is 2.82 bits per heavy atom. The molecule has 0 aliphatic carbocycles. The molecular formula is C11H8BrNO3S. The molecule has 17 heavy (non-hydrogen) atoms. The van der Waals surface area contributed by atoms with Crippen molar-refractivity contribution in [1.29, 1.82) is 0 Å². The third-order valence-corrected chi connectivity index (χ3v) is 3.77. The summed E-state index contributed by atoms with van der Waals surface area (Å²) in [5.74, 6) is -0.231. The van der Waals surface area contributed by atoms with E-state index in [0.29, 0.717) is 5.01 Å². The van der Waals surface area contributed by atoms with E-state index in [4.69, 9.17) is 9.84 Å². The number of aromatic nitrogens is 1. The molecule has 4 nitrogen and oxygen atoms in total. The molecule has 0 spiro atoms. The maximum atomic E-state index is 10.8. The van der Waals surface area contributed by atoms with Gasteiger partial charge in [-0.05, 0) is 34.1 Å². The SMILES string of the molecule is COc1ccc(-c2ncc(C(=O)O)s2)cc1Br. The zero-order valence-corrected chi connectivity index (χ0v) is 11.2. The van der Waals surface area contributed by atoms with Gasteiger partial charge in [0.15, 0.2) is 0 Å². The maximum Gasteiger partial charge on any atom is 0.347 e. The minimum Gasteiger partial charge on any atom is -0.496 e. The van der Waals surface area contributed by atoms with Gasteiger partial charge in [0.05, 0.1) is 17.8 Å². The minimum absolute atomic E-state index is 0.229.